The van der Waals surface area contributed by atoms with Crippen molar-refractivity contribution in [3.63, 3.8) is 0 Å². The molecule has 0 amide bonds. The number of morpholine rings is 1. The van der Waals surface area contributed by atoms with E-state index in [0.29, 0.717) is 18.8 Å². The first-order chi connectivity index (χ1) is 10.1. The minimum absolute atomic E-state index is 0.367. The van der Waals surface area contributed by atoms with E-state index in [1.807, 2.05) is 0 Å². The molecule has 2 fully saturated rings. The zero-order valence-electron chi connectivity index (χ0n) is 12.0. The summed E-state index contributed by atoms with van der Waals surface area (Å²) in [4.78, 5) is 2.27. The predicted octanol–water partition coefficient (Wildman–Crippen LogP) is 2.64. The molecule has 1 saturated carbocycles. The third-order valence-electron chi connectivity index (χ3n) is 4.88. The Kier molecular flexibility index (Phi) is 4.24. The molecule has 1 aromatic rings. The highest BCUT2D eigenvalue weighted by Gasteiger charge is 2.46. The predicted molar refractivity (Wildman–Crippen MR) is 74.9 cm³/mol. The number of ether oxygens (including phenoxy) is 1. The molecule has 1 saturated heterocycles. The van der Waals surface area contributed by atoms with Crippen LogP contribution < -0.4 is 0 Å². The summed E-state index contributed by atoms with van der Waals surface area (Å²) in [7, 11) is 0. The molecule has 1 unspecified atom stereocenters. The van der Waals surface area contributed by atoms with Crippen LogP contribution in [0.25, 0.3) is 0 Å². The maximum atomic E-state index is 13.5. The number of aliphatic hydroxyl groups is 1. The normalized spacial score (nSPS) is 24.1. The van der Waals surface area contributed by atoms with Gasteiger partial charge in [0.2, 0.25) is 0 Å². The molecular formula is C16H21F2NO2. The highest BCUT2D eigenvalue weighted by molar-refractivity contribution is 5.24. The topological polar surface area (TPSA) is 32.7 Å². The molecule has 0 radical (unpaired) electrons. The maximum Gasteiger partial charge on any atom is 0.159 e. The standard InChI is InChI=1S/C16H21F2NO2/c17-13-4-3-12(11-14(13)18)15(20)16(5-1-2-6-16)19-7-9-21-10-8-19/h3-4,11,15,20H,1-2,5-10H2. The summed E-state index contributed by atoms with van der Waals surface area (Å²) in [6.07, 6.45) is 3.07. The lowest BCUT2D eigenvalue weighted by atomic mass is 9.83. The molecule has 116 valence electrons. The van der Waals surface area contributed by atoms with Crippen LogP contribution in [-0.2, 0) is 4.74 Å². The van der Waals surface area contributed by atoms with Crippen LogP contribution in [0, 0.1) is 11.6 Å². The Morgan fingerprint density at radius 1 is 1.10 bits per heavy atom. The van der Waals surface area contributed by atoms with E-state index >= 15 is 0 Å². The van der Waals surface area contributed by atoms with Gasteiger partial charge >= 0.3 is 0 Å². The van der Waals surface area contributed by atoms with Gasteiger partial charge in [-0.2, -0.15) is 0 Å². The van der Waals surface area contributed by atoms with Gasteiger partial charge in [0.15, 0.2) is 11.6 Å². The van der Waals surface area contributed by atoms with Gasteiger partial charge in [-0.1, -0.05) is 18.9 Å². The van der Waals surface area contributed by atoms with Crippen LogP contribution in [0.3, 0.4) is 0 Å². The molecule has 1 atom stereocenters. The van der Waals surface area contributed by atoms with E-state index in [1.54, 1.807) is 0 Å². The fourth-order valence-corrected chi connectivity index (χ4v) is 3.75. The molecule has 1 heterocycles. The molecule has 5 heteroatoms. The molecule has 1 aromatic carbocycles. The Hall–Kier alpha value is -1.04. The number of nitrogens with zero attached hydrogens (tertiary/aromatic N) is 1. The largest absolute Gasteiger partial charge is 0.386 e. The van der Waals surface area contributed by atoms with Gasteiger partial charge in [-0.05, 0) is 30.5 Å². The number of hydrogen-bond acceptors (Lipinski definition) is 3. The van der Waals surface area contributed by atoms with Crippen LogP contribution in [0.4, 0.5) is 8.78 Å². The third kappa shape index (κ3) is 2.70. The molecular weight excluding hydrogens is 276 g/mol. The van der Waals surface area contributed by atoms with Crippen molar-refractivity contribution in [2.24, 2.45) is 0 Å². The lowest BCUT2D eigenvalue weighted by Gasteiger charge is -2.46. The number of rotatable bonds is 3. The van der Waals surface area contributed by atoms with E-state index < -0.39 is 17.7 Å². The fourth-order valence-electron chi connectivity index (χ4n) is 3.75. The lowest BCUT2D eigenvalue weighted by molar-refractivity contribution is -0.0775. The zero-order valence-corrected chi connectivity index (χ0v) is 12.0. The molecule has 0 spiro atoms. The van der Waals surface area contributed by atoms with Crippen molar-refractivity contribution < 1.29 is 18.6 Å². The SMILES string of the molecule is OC(c1ccc(F)c(F)c1)C1(N2CCOCC2)CCCC1. The van der Waals surface area contributed by atoms with Crippen LogP contribution in [0.5, 0.6) is 0 Å². The minimum Gasteiger partial charge on any atom is -0.386 e. The quantitative estimate of drug-likeness (QED) is 0.931. The molecule has 3 nitrogen and oxygen atoms in total. The number of benzene rings is 1. The van der Waals surface area contributed by atoms with Crippen LogP contribution >= 0.6 is 0 Å². The van der Waals surface area contributed by atoms with Crippen molar-refractivity contribution >= 4 is 0 Å². The lowest BCUT2D eigenvalue weighted by Crippen LogP contribution is -2.55. The van der Waals surface area contributed by atoms with Crippen molar-refractivity contribution in [2.45, 2.75) is 37.3 Å². The van der Waals surface area contributed by atoms with Gasteiger partial charge in [0.1, 0.15) is 0 Å². The van der Waals surface area contributed by atoms with Crippen molar-refractivity contribution in [2.75, 3.05) is 26.3 Å². The van der Waals surface area contributed by atoms with Crippen molar-refractivity contribution in [3.05, 3.63) is 35.4 Å². The summed E-state index contributed by atoms with van der Waals surface area (Å²) in [5.74, 6) is -1.78. The van der Waals surface area contributed by atoms with Gasteiger partial charge < -0.3 is 9.84 Å². The molecule has 21 heavy (non-hydrogen) atoms. The van der Waals surface area contributed by atoms with Gasteiger partial charge in [0.05, 0.1) is 24.9 Å². The zero-order chi connectivity index (χ0) is 14.9. The Bertz CT molecular complexity index is 497. The molecule has 1 N–H and O–H groups in total. The Labute approximate surface area is 123 Å². The Morgan fingerprint density at radius 2 is 1.76 bits per heavy atom. The summed E-state index contributed by atoms with van der Waals surface area (Å²) < 4.78 is 32.0. The average molecular weight is 297 g/mol. The summed E-state index contributed by atoms with van der Waals surface area (Å²) in [5.41, 5.74) is 0.0934. The molecule has 0 bridgehead atoms. The van der Waals surface area contributed by atoms with Gasteiger partial charge in [-0.3, -0.25) is 4.90 Å². The van der Waals surface area contributed by atoms with E-state index in [4.69, 9.17) is 4.74 Å². The van der Waals surface area contributed by atoms with Gasteiger partial charge in [0, 0.05) is 13.1 Å². The van der Waals surface area contributed by atoms with Crippen molar-refractivity contribution in [1.29, 1.82) is 0 Å². The second kappa shape index (κ2) is 5.99. The maximum absolute atomic E-state index is 13.5. The number of hydrogen-bond donors (Lipinski definition) is 1. The highest BCUT2D eigenvalue weighted by Crippen LogP contribution is 2.45. The van der Waals surface area contributed by atoms with Gasteiger partial charge in [0.25, 0.3) is 0 Å². The van der Waals surface area contributed by atoms with E-state index in [0.717, 1.165) is 50.9 Å². The van der Waals surface area contributed by atoms with Gasteiger partial charge in [-0.25, -0.2) is 8.78 Å². The van der Waals surface area contributed by atoms with E-state index in [1.165, 1.54) is 6.07 Å². The van der Waals surface area contributed by atoms with Crippen molar-refractivity contribution in [3.8, 4) is 0 Å². The van der Waals surface area contributed by atoms with Crippen molar-refractivity contribution in [1.82, 2.24) is 4.90 Å². The third-order valence-corrected chi connectivity index (χ3v) is 4.88. The first-order valence-corrected chi connectivity index (χ1v) is 7.59. The first-order valence-electron chi connectivity index (χ1n) is 7.59. The first kappa shape index (κ1) is 14.9. The number of aliphatic hydroxyl groups excluding tert-OH is 1. The Morgan fingerprint density at radius 3 is 2.38 bits per heavy atom. The molecule has 1 aliphatic heterocycles. The van der Waals surface area contributed by atoms with E-state index in [2.05, 4.69) is 4.90 Å². The van der Waals surface area contributed by atoms with Crippen LogP contribution in [0.15, 0.2) is 18.2 Å². The molecule has 3 rings (SSSR count). The van der Waals surface area contributed by atoms with Crippen LogP contribution in [-0.4, -0.2) is 41.8 Å². The van der Waals surface area contributed by atoms with Gasteiger partial charge in [-0.15, -0.1) is 0 Å². The fraction of sp³-hybridized carbons (Fsp3) is 0.625. The minimum atomic E-state index is -0.901. The van der Waals surface area contributed by atoms with E-state index in [-0.39, 0.29) is 5.54 Å². The summed E-state index contributed by atoms with van der Waals surface area (Å²) in [6.45, 7) is 2.87. The monoisotopic (exact) mass is 297 g/mol. The average Bonchev–Trinajstić information content (AvgIpc) is 3.01. The highest BCUT2D eigenvalue weighted by atomic mass is 19.2. The van der Waals surface area contributed by atoms with Crippen LogP contribution in [0.1, 0.15) is 37.4 Å². The smallest absolute Gasteiger partial charge is 0.159 e. The molecule has 0 aromatic heterocycles. The molecule has 1 aliphatic carbocycles. The number of halogens is 2. The summed E-state index contributed by atoms with van der Waals surface area (Å²) in [5, 5.41) is 10.9. The summed E-state index contributed by atoms with van der Waals surface area (Å²) in [6, 6.07) is 3.71. The van der Waals surface area contributed by atoms with E-state index in [9.17, 15) is 13.9 Å². The Balaban J connectivity index is 1.90. The molecule has 2 aliphatic rings. The van der Waals surface area contributed by atoms with Crippen LogP contribution in [0.2, 0.25) is 0 Å². The second-order valence-electron chi connectivity index (χ2n) is 5.99. The summed E-state index contributed by atoms with van der Waals surface area (Å²) >= 11 is 0. The second-order valence-corrected chi connectivity index (χ2v) is 5.99.